The summed E-state index contributed by atoms with van der Waals surface area (Å²) in [6.45, 7) is 3.70. The lowest BCUT2D eigenvalue weighted by molar-refractivity contribution is -0.128. The third-order valence-electron chi connectivity index (χ3n) is 3.43. The van der Waals surface area contributed by atoms with Crippen molar-refractivity contribution in [2.45, 2.75) is 63.8 Å². The molecule has 0 aromatic heterocycles. The zero-order valence-electron chi connectivity index (χ0n) is 12.2. The number of unbranched alkanes of at least 4 members (excludes halogenated alkanes) is 6. The Morgan fingerprint density at radius 1 is 1.30 bits per heavy atom. The molecule has 2 amide bonds. The minimum absolute atomic E-state index is 0.0212. The molecule has 0 aromatic rings. The fourth-order valence-electron chi connectivity index (χ4n) is 2.23. The van der Waals surface area contributed by atoms with Crippen LogP contribution in [-0.2, 0) is 9.59 Å². The first kappa shape index (κ1) is 16.5. The first-order chi connectivity index (χ1) is 9.74. The van der Waals surface area contributed by atoms with Gasteiger partial charge in [0.15, 0.2) is 0 Å². The van der Waals surface area contributed by atoms with Crippen molar-refractivity contribution in [1.29, 1.82) is 0 Å². The maximum absolute atomic E-state index is 11.7. The third-order valence-corrected chi connectivity index (χ3v) is 3.43. The molecule has 0 fully saturated rings. The second-order valence-electron chi connectivity index (χ2n) is 5.22. The van der Waals surface area contributed by atoms with Crippen LogP contribution < -0.4 is 10.6 Å². The van der Waals surface area contributed by atoms with E-state index < -0.39 is 6.04 Å². The van der Waals surface area contributed by atoms with Gasteiger partial charge in [0.05, 0.1) is 0 Å². The molecule has 112 valence electrons. The number of carbonyl (C=O) groups excluding carboxylic acids is 2. The topological polar surface area (TPSA) is 58.2 Å². The van der Waals surface area contributed by atoms with Crippen molar-refractivity contribution in [3.05, 3.63) is 24.9 Å². The normalized spacial score (nSPS) is 17.6. The number of rotatable bonds is 10. The van der Waals surface area contributed by atoms with Gasteiger partial charge in [-0.3, -0.25) is 9.59 Å². The largest absolute Gasteiger partial charge is 0.344 e. The minimum Gasteiger partial charge on any atom is -0.344 e. The first-order valence-electron chi connectivity index (χ1n) is 7.59. The van der Waals surface area contributed by atoms with E-state index in [0.29, 0.717) is 12.8 Å². The highest BCUT2D eigenvalue weighted by atomic mass is 16.2. The number of hydrogen-bond acceptors (Lipinski definition) is 2. The Kier molecular flexibility index (Phi) is 8.43. The van der Waals surface area contributed by atoms with E-state index >= 15 is 0 Å². The Balaban J connectivity index is 1.99. The highest BCUT2D eigenvalue weighted by Crippen LogP contribution is 2.09. The molecular weight excluding hydrogens is 252 g/mol. The molecule has 4 nitrogen and oxygen atoms in total. The fraction of sp³-hybridized carbons (Fsp3) is 0.625. The molecule has 2 N–H and O–H groups in total. The zero-order chi connectivity index (χ0) is 14.6. The second-order valence-corrected chi connectivity index (χ2v) is 5.22. The number of nitrogens with one attached hydrogen (secondary N) is 2. The quantitative estimate of drug-likeness (QED) is 0.477. The molecule has 1 aliphatic heterocycles. The summed E-state index contributed by atoms with van der Waals surface area (Å²) in [6, 6.07) is -0.397. The molecule has 1 atom stereocenters. The number of carbonyl (C=O) groups is 2. The van der Waals surface area contributed by atoms with E-state index in [4.69, 9.17) is 0 Å². The number of allylic oxidation sites excluding steroid dienone is 1. The lowest BCUT2D eigenvalue weighted by Crippen LogP contribution is -2.46. The van der Waals surface area contributed by atoms with Crippen LogP contribution in [0.3, 0.4) is 0 Å². The molecule has 0 saturated carbocycles. The predicted octanol–water partition coefficient (Wildman–Crippen LogP) is 2.81. The highest BCUT2D eigenvalue weighted by Gasteiger charge is 2.20. The van der Waals surface area contributed by atoms with E-state index in [1.165, 1.54) is 25.7 Å². The minimum atomic E-state index is -0.397. The van der Waals surface area contributed by atoms with Gasteiger partial charge in [0, 0.05) is 6.42 Å². The summed E-state index contributed by atoms with van der Waals surface area (Å²) in [5.41, 5.74) is 0. The van der Waals surface area contributed by atoms with E-state index in [2.05, 4.69) is 17.2 Å². The van der Waals surface area contributed by atoms with Crippen molar-refractivity contribution < 1.29 is 9.59 Å². The van der Waals surface area contributed by atoms with Gasteiger partial charge in [0.2, 0.25) is 11.8 Å². The molecule has 0 aliphatic carbocycles. The summed E-state index contributed by atoms with van der Waals surface area (Å²) in [4.78, 5) is 23.2. The molecule has 1 rings (SSSR count). The molecule has 0 saturated heterocycles. The smallest absolute Gasteiger partial charge is 0.246 e. The fourth-order valence-corrected chi connectivity index (χ4v) is 2.23. The van der Waals surface area contributed by atoms with E-state index in [1.54, 1.807) is 6.20 Å². The van der Waals surface area contributed by atoms with Gasteiger partial charge in [0.1, 0.15) is 6.04 Å². The summed E-state index contributed by atoms with van der Waals surface area (Å²) >= 11 is 0. The van der Waals surface area contributed by atoms with Gasteiger partial charge < -0.3 is 10.6 Å². The van der Waals surface area contributed by atoms with Crippen molar-refractivity contribution in [3.8, 4) is 0 Å². The van der Waals surface area contributed by atoms with Crippen molar-refractivity contribution in [3.63, 3.8) is 0 Å². The van der Waals surface area contributed by atoms with Crippen LogP contribution >= 0.6 is 0 Å². The van der Waals surface area contributed by atoms with Gasteiger partial charge in [-0.05, 0) is 31.9 Å². The Bertz CT molecular complexity index is 350. The van der Waals surface area contributed by atoms with Crippen molar-refractivity contribution in [2.75, 3.05) is 0 Å². The van der Waals surface area contributed by atoms with Crippen LogP contribution in [0.25, 0.3) is 0 Å². The van der Waals surface area contributed by atoms with Crippen LogP contribution in [0.1, 0.15) is 57.8 Å². The Morgan fingerprint density at radius 2 is 2.00 bits per heavy atom. The highest BCUT2D eigenvalue weighted by molar-refractivity contribution is 5.88. The summed E-state index contributed by atoms with van der Waals surface area (Å²) in [5, 5.41) is 5.37. The van der Waals surface area contributed by atoms with Crippen LogP contribution in [0.5, 0.6) is 0 Å². The van der Waals surface area contributed by atoms with Crippen molar-refractivity contribution in [2.24, 2.45) is 0 Å². The Labute approximate surface area is 121 Å². The Morgan fingerprint density at radius 3 is 2.70 bits per heavy atom. The molecule has 1 aliphatic rings. The van der Waals surface area contributed by atoms with Crippen LogP contribution in [-0.4, -0.2) is 17.9 Å². The summed E-state index contributed by atoms with van der Waals surface area (Å²) in [6.07, 6.45) is 14.5. The summed E-state index contributed by atoms with van der Waals surface area (Å²) in [5.74, 6) is -0.143. The van der Waals surface area contributed by atoms with Crippen molar-refractivity contribution in [1.82, 2.24) is 10.6 Å². The van der Waals surface area contributed by atoms with Crippen LogP contribution in [0.2, 0.25) is 0 Å². The van der Waals surface area contributed by atoms with E-state index in [9.17, 15) is 9.59 Å². The van der Waals surface area contributed by atoms with Gasteiger partial charge in [-0.1, -0.05) is 37.8 Å². The zero-order valence-corrected chi connectivity index (χ0v) is 12.2. The van der Waals surface area contributed by atoms with Gasteiger partial charge in [-0.2, -0.15) is 0 Å². The molecule has 1 unspecified atom stereocenters. The molecule has 1 heterocycles. The van der Waals surface area contributed by atoms with E-state index in [0.717, 1.165) is 19.3 Å². The average molecular weight is 278 g/mol. The van der Waals surface area contributed by atoms with Gasteiger partial charge >= 0.3 is 0 Å². The maximum Gasteiger partial charge on any atom is 0.246 e. The molecule has 0 aromatic carbocycles. The van der Waals surface area contributed by atoms with Crippen LogP contribution in [0.4, 0.5) is 0 Å². The molecule has 4 heteroatoms. The van der Waals surface area contributed by atoms with E-state index in [1.807, 2.05) is 12.2 Å². The monoisotopic (exact) mass is 278 g/mol. The van der Waals surface area contributed by atoms with Crippen LogP contribution in [0, 0.1) is 0 Å². The maximum atomic E-state index is 11.7. The third kappa shape index (κ3) is 7.12. The Hall–Kier alpha value is -1.58. The predicted molar refractivity (Wildman–Crippen MR) is 81.0 cm³/mol. The van der Waals surface area contributed by atoms with Crippen LogP contribution in [0.15, 0.2) is 24.9 Å². The average Bonchev–Trinajstić information content (AvgIpc) is 2.44. The van der Waals surface area contributed by atoms with Crippen molar-refractivity contribution >= 4 is 11.8 Å². The second kappa shape index (κ2) is 10.2. The molecule has 0 radical (unpaired) electrons. The van der Waals surface area contributed by atoms with Gasteiger partial charge in [-0.15, -0.1) is 6.58 Å². The first-order valence-corrected chi connectivity index (χ1v) is 7.59. The summed E-state index contributed by atoms with van der Waals surface area (Å²) < 4.78 is 0. The molecule has 20 heavy (non-hydrogen) atoms. The lowest BCUT2D eigenvalue weighted by atomic mass is 10.1. The van der Waals surface area contributed by atoms with E-state index in [-0.39, 0.29) is 11.8 Å². The standard InChI is InChI=1S/C16H26N2O2/c1-2-3-4-5-6-7-8-9-12-15(19)18-14-11-10-13-17-16(14)20/h2,10,13-14H,1,3-9,11-12H2,(H,17,20)(H,18,19). The lowest BCUT2D eigenvalue weighted by Gasteiger charge is -2.18. The molecule has 0 bridgehead atoms. The summed E-state index contributed by atoms with van der Waals surface area (Å²) in [7, 11) is 0. The van der Waals surface area contributed by atoms with Gasteiger partial charge in [0.25, 0.3) is 0 Å². The molecular formula is C16H26N2O2. The molecule has 0 spiro atoms. The SMILES string of the molecule is C=CCCCCCCCCC(=O)NC1CC=CNC1=O. The van der Waals surface area contributed by atoms with Gasteiger partial charge in [-0.25, -0.2) is 0 Å². The number of amides is 2. The number of hydrogen-bond donors (Lipinski definition) is 2.